The highest BCUT2D eigenvalue weighted by molar-refractivity contribution is 5.68. The number of hydrogen-bond acceptors (Lipinski definition) is 3. The van der Waals surface area contributed by atoms with Crippen molar-refractivity contribution >= 4 is 6.09 Å². The molecule has 1 aliphatic rings. The Labute approximate surface area is 118 Å². The van der Waals surface area contributed by atoms with Gasteiger partial charge in [-0.2, -0.15) is 0 Å². The molecule has 1 saturated heterocycles. The van der Waals surface area contributed by atoms with Gasteiger partial charge in [0.05, 0.1) is 12.6 Å². The van der Waals surface area contributed by atoms with Crippen molar-refractivity contribution in [3.05, 3.63) is 30.1 Å². The largest absolute Gasteiger partial charge is 0.488 e. The third-order valence-corrected chi connectivity index (χ3v) is 2.82. The van der Waals surface area contributed by atoms with E-state index in [2.05, 4.69) is 6.07 Å². The van der Waals surface area contributed by atoms with E-state index in [1.807, 2.05) is 20.8 Å². The lowest BCUT2D eigenvalue weighted by molar-refractivity contribution is 0.0275. The van der Waals surface area contributed by atoms with Crippen LogP contribution in [0.4, 0.5) is 9.18 Å². The van der Waals surface area contributed by atoms with E-state index < -0.39 is 11.4 Å². The molecular weight excluding hydrogens is 261 g/mol. The molecule has 20 heavy (non-hydrogen) atoms. The van der Waals surface area contributed by atoms with Crippen LogP contribution in [0.15, 0.2) is 18.2 Å². The summed E-state index contributed by atoms with van der Waals surface area (Å²) < 4.78 is 23.9. The number of benzene rings is 1. The van der Waals surface area contributed by atoms with Crippen LogP contribution in [-0.2, 0) is 4.74 Å². The van der Waals surface area contributed by atoms with Crippen LogP contribution in [0.5, 0.6) is 5.75 Å². The molecule has 1 radical (unpaired) electrons. The highest BCUT2D eigenvalue weighted by atomic mass is 19.1. The van der Waals surface area contributed by atoms with E-state index in [4.69, 9.17) is 9.47 Å². The van der Waals surface area contributed by atoms with Crippen LogP contribution in [0.2, 0.25) is 0 Å². The molecule has 0 aromatic heterocycles. The van der Waals surface area contributed by atoms with E-state index in [-0.39, 0.29) is 12.2 Å². The number of amides is 1. The zero-order valence-electron chi connectivity index (χ0n) is 12.0. The number of carbonyl (C=O) groups is 1. The second-order valence-corrected chi connectivity index (χ2v) is 5.82. The molecule has 0 N–H and O–H groups in total. The molecule has 0 spiro atoms. The van der Waals surface area contributed by atoms with Gasteiger partial charge in [-0.15, -0.1) is 0 Å². The van der Waals surface area contributed by atoms with Crippen molar-refractivity contribution in [2.24, 2.45) is 0 Å². The van der Waals surface area contributed by atoms with Gasteiger partial charge in [-0.1, -0.05) is 6.07 Å². The van der Waals surface area contributed by atoms with Gasteiger partial charge in [0.25, 0.3) is 0 Å². The molecule has 1 atom stereocenters. The zero-order valence-corrected chi connectivity index (χ0v) is 12.0. The minimum atomic E-state index is -0.508. The summed E-state index contributed by atoms with van der Waals surface area (Å²) in [7, 11) is 0. The summed E-state index contributed by atoms with van der Waals surface area (Å²) in [6, 6.07) is 7.03. The monoisotopic (exact) mass is 280 g/mol. The lowest BCUT2D eigenvalue weighted by Gasteiger charge is -2.24. The molecule has 1 aromatic carbocycles. The number of likely N-dealkylation sites (tertiary alicyclic amines) is 1. The Morgan fingerprint density at radius 3 is 2.85 bits per heavy atom. The normalized spacial score (nSPS) is 19.0. The van der Waals surface area contributed by atoms with Crippen LogP contribution in [0.1, 0.15) is 27.2 Å². The maximum absolute atomic E-state index is 13.0. The van der Waals surface area contributed by atoms with Gasteiger partial charge in [0.15, 0.2) is 0 Å². The van der Waals surface area contributed by atoms with Crippen molar-refractivity contribution in [1.29, 1.82) is 0 Å². The number of carbonyl (C=O) groups excluding carboxylic acids is 1. The van der Waals surface area contributed by atoms with E-state index in [1.165, 1.54) is 6.07 Å². The van der Waals surface area contributed by atoms with E-state index in [0.717, 1.165) is 0 Å². The summed E-state index contributed by atoms with van der Waals surface area (Å²) in [4.78, 5) is 13.5. The molecule has 0 saturated carbocycles. The maximum Gasteiger partial charge on any atom is 0.410 e. The highest BCUT2D eigenvalue weighted by Crippen LogP contribution is 2.20. The Balaban J connectivity index is 1.88. The zero-order chi connectivity index (χ0) is 14.8. The van der Waals surface area contributed by atoms with Gasteiger partial charge in [0, 0.05) is 13.0 Å². The molecule has 1 heterocycles. The summed E-state index contributed by atoms with van der Waals surface area (Å²) in [5.74, 6) is -0.0921. The summed E-state index contributed by atoms with van der Waals surface area (Å²) in [5, 5.41) is 0. The van der Waals surface area contributed by atoms with Gasteiger partial charge in [0.1, 0.15) is 23.3 Å². The molecular formula is C15H19FNO3. The van der Waals surface area contributed by atoms with Gasteiger partial charge in [-0.3, -0.25) is 0 Å². The molecule has 0 aliphatic carbocycles. The number of halogens is 1. The molecule has 1 fully saturated rings. The second-order valence-electron chi connectivity index (χ2n) is 5.82. The molecule has 1 amide bonds. The number of hydrogen-bond donors (Lipinski definition) is 0. The van der Waals surface area contributed by atoms with E-state index in [9.17, 15) is 9.18 Å². The highest BCUT2D eigenvalue weighted by Gasteiger charge is 2.30. The Morgan fingerprint density at radius 1 is 1.45 bits per heavy atom. The van der Waals surface area contributed by atoms with Crippen LogP contribution in [0.3, 0.4) is 0 Å². The minimum absolute atomic E-state index is 0.152. The molecule has 4 nitrogen and oxygen atoms in total. The second kappa shape index (κ2) is 5.69. The predicted molar refractivity (Wildman–Crippen MR) is 72.1 cm³/mol. The van der Waals surface area contributed by atoms with Crippen molar-refractivity contribution in [3.63, 3.8) is 0 Å². The van der Waals surface area contributed by atoms with Crippen molar-refractivity contribution in [3.8, 4) is 5.75 Å². The first-order valence-electron chi connectivity index (χ1n) is 6.66. The minimum Gasteiger partial charge on any atom is -0.488 e. The van der Waals surface area contributed by atoms with Gasteiger partial charge in [-0.05, 0) is 32.9 Å². The first-order valence-corrected chi connectivity index (χ1v) is 6.66. The van der Waals surface area contributed by atoms with Gasteiger partial charge in [0.2, 0.25) is 0 Å². The van der Waals surface area contributed by atoms with Gasteiger partial charge >= 0.3 is 6.09 Å². The summed E-state index contributed by atoms with van der Waals surface area (Å²) >= 11 is 0. The van der Waals surface area contributed by atoms with Gasteiger partial charge < -0.3 is 14.4 Å². The Hall–Kier alpha value is -1.78. The van der Waals surface area contributed by atoms with Crippen molar-refractivity contribution in [1.82, 2.24) is 4.90 Å². The van der Waals surface area contributed by atoms with Crippen LogP contribution >= 0.6 is 0 Å². The average Bonchev–Trinajstić information content (AvgIpc) is 2.75. The van der Waals surface area contributed by atoms with Crippen LogP contribution in [0, 0.1) is 11.9 Å². The third kappa shape index (κ3) is 4.11. The van der Waals surface area contributed by atoms with Crippen LogP contribution < -0.4 is 4.74 Å². The maximum atomic E-state index is 13.0. The first kappa shape index (κ1) is 14.6. The molecule has 2 rings (SSSR count). The molecule has 109 valence electrons. The van der Waals surface area contributed by atoms with E-state index in [1.54, 1.807) is 17.0 Å². The average molecular weight is 280 g/mol. The topological polar surface area (TPSA) is 38.8 Å². The molecule has 0 unspecified atom stereocenters. The Morgan fingerprint density at radius 2 is 2.20 bits per heavy atom. The van der Waals surface area contributed by atoms with Crippen LogP contribution in [0.25, 0.3) is 0 Å². The van der Waals surface area contributed by atoms with Crippen molar-refractivity contribution in [2.45, 2.75) is 38.9 Å². The summed E-state index contributed by atoms with van der Waals surface area (Å²) in [6.07, 6.45) is 0.205. The SMILES string of the molecule is CC(C)(C)OC(=O)N1CC[C@H](Oc2[c]c(F)ccc2)C1. The van der Waals surface area contributed by atoms with E-state index >= 15 is 0 Å². The Kier molecular flexibility index (Phi) is 4.16. The lowest BCUT2D eigenvalue weighted by atomic mass is 10.2. The van der Waals surface area contributed by atoms with Crippen LogP contribution in [-0.4, -0.2) is 35.8 Å². The molecule has 5 heteroatoms. The quantitative estimate of drug-likeness (QED) is 0.836. The fourth-order valence-electron chi connectivity index (χ4n) is 1.99. The fourth-order valence-corrected chi connectivity index (χ4v) is 1.99. The number of rotatable bonds is 2. The first-order chi connectivity index (χ1) is 9.33. The fraction of sp³-hybridized carbons (Fsp3) is 0.533. The lowest BCUT2D eigenvalue weighted by Crippen LogP contribution is -2.36. The smallest absolute Gasteiger partial charge is 0.410 e. The predicted octanol–water partition coefficient (Wildman–Crippen LogP) is 3.01. The number of nitrogens with zero attached hydrogens (tertiary/aromatic N) is 1. The van der Waals surface area contributed by atoms with Crippen molar-refractivity contribution < 1.29 is 18.7 Å². The molecule has 1 aromatic rings. The summed E-state index contributed by atoms with van der Waals surface area (Å²) in [6.45, 7) is 6.51. The third-order valence-electron chi connectivity index (χ3n) is 2.82. The standard InChI is InChI=1S/C15H19FNO3/c1-15(2,3)20-14(18)17-8-7-13(10-17)19-12-6-4-5-11(16)9-12/h4-6,13H,7-8,10H2,1-3H3/t13-/m0/s1. The van der Waals surface area contributed by atoms with E-state index in [0.29, 0.717) is 25.3 Å². The van der Waals surface area contributed by atoms with Crippen molar-refractivity contribution in [2.75, 3.05) is 13.1 Å². The summed E-state index contributed by atoms with van der Waals surface area (Å²) in [5.41, 5.74) is -0.508. The van der Waals surface area contributed by atoms with Gasteiger partial charge in [-0.25, -0.2) is 9.18 Å². The molecule has 1 aliphatic heterocycles. The number of ether oxygens (including phenoxy) is 2. The molecule has 0 bridgehead atoms. The Bertz CT molecular complexity index is 484.